The van der Waals surface area contributed by atoms with E-state index in [4.69, 9.17) is 0 Å². The number of nitrogens with one attached hydrogen (secondary N) is 2. The average molecular weight is 378 g/mol. The lowest BCUT2D eigenvalue weighted by Crippen LogP contribution is -2.37. The first-order valence-corrected chi connectivity index (χ1v) is 8.60. The largest absolute Gasteiger partial charge is 0.361 e. The zero-order chi connectivity index (χ0) is 19.8. The van der Waals surface area contributed by atoms with Crippen LogP contribution in [0.15, 0.2) is 58.5 Å². The number of aromatic amines is 1. The quantitative estimate of drug-likeness (QED) is 0.554. The maximum absolute atomic E-state index is 12.4. The number of fused-ring (bicyclic) bond motifs is 1. The third kappa shape index (κ3) is 2.92. The van der Waals surface area contributed by atoms with Gasteiger partial charge in [-0.05, 0) is 29.8 Å². The molecule has 0 atom stereocenters. The van der Waals surface area contributed by atoms with Crippen molar-refractivity contribution in [2.24, 2.45) is 14.1 Å². The number of aryl methyl sites for hydroxylation is 1. The van der Waals surface area contributed by atoms with Crippen LogP contribution >= 0.6 is 0 Å². The molecule has 0 fully saturated rings. The van der Waals surface area contributed by atoms with Crippen molar-refractivity contribution in [1.29, 1.82) is 0 Å². The minimum atomic E-state index is -0.487. The molecule has 2 N–H and O–H groups in total. The Morgan fingerprint density at radius 2 is 1.86 bits per heavy atom. The second-order valence-corrected chi connectivity index (χ2v) is 6.46. The molecule has 1 aromatic carbocycles. The second kappa shape index (κ2) is 6.69. The third-order valence-corrected chi connectivity index (χ3v) is 4.61. The van der Waals surface area contributed by atoms with E-state index in [1.807, 2.05) is 42.6 Å². The zero-order valence-electron chi connectivity index (χ0n) is 15.3. The Labute approximate surface area is 158 Å². The Morgan fingerprint density at radius 3 is 2.54 bits per heavy atom. The molecule has 0 saturated carbocycles. The Kier molecular flexibility index (Phi) is 4.19. The van der Waals surface area contributed by atoms with Crippen molar-refractivity contribution >= 4 is 22.8 Å². The van der Waals surface area contributed by atoms with Crippen LogP contribution in [0, 0.1) is 0 Å². The Morgan fingerprint density at radius 1 is 1.11 bits per heavy atom. The van der Waals surface area contributed by atoms with Crippen LogP contribution in [0.4, 0.5) is 5.69 Å². The molecule has 9 nitrogen and oxygen atoms in total. The summed E-state index contributed by atoms with van der Waals surface area (Å²) in [6, 6.07) is 11.3. The molecule has 0 radical (unpaired) electrons. The number of carbonyl (C=O) groups excluding carboxylic acids is 1. The smallest absolute Gasteiger partial charge is 0.332 e. The molecule has 28 heavy (non-hydrogen) atoms. The minimum absolute atomic E-state index is 0.0949. The molecular weight excluding hydrogens is 360 g/mol. The fraction of sp³-hybridized carbons (Fsp3) is 0.158. The lowest BCUT2D eigenvalue weighted by Gasteiger charge is -2.08. The number of nitrogens with zero attached hydrogens (tertiary/aromatic N) is 4. The van der Waals surface area contributed by atoms with Crippen molar-refractivity contribution in [3.63, 3.8) is 0 Å². The molecule has 4 rings (SSSR count). The molecule has 0 saturated heterocycles. The first-order chi connectivity index (χ1) is 13.5. The fourth-order valence-corrected chi connectivity index (χ4v) is 3.12. The van der Waals surface area contributed by atoms with E-state index in [9.17, 15) is 14.4 Å². The summed E-state index contributed by atoms with van der Waals surface area (Å²) in [4.78, 5) is 44.1. The van der Waals surface area contributed by atoms with Gasteiger partial charge in [-0.25, -0.2) is 9.78 Å². The Hall–Kier alpha value is -3.88. The Bertz CT molecular complexity index is 1280. The lowest BCUT2D eigenvalue weighted by molar-refractivity contribution is -0.116. The van der Waals surface area contributed by atoms with Gasteiger partial charge in [-0.2, -0.15) is 0 Å². The van der Waals surface area contributed by atoms with Gasteiger partial charge < -0.3 is 14.9 Å². The van der Waals surface area contributed by atoms with Gasteiger partial charge in [0.05, 0.1) is 6.33 Å². The highest BCUT2D eigenvalue weighted by atomic mass is 16.2. The first kappa shape index (κ1) is 17.5. The number of aromatic nitrogens is 5. The second-order valence-electron chi connectivity index (χ2n) is 6.46. The molecule has 142 valence electrons. The van der Waals surface area contributed by atoms with Gasteiger partial charge in [-0.1, -0.05) is 12.1 Å². The summed E-state index contributed by atoms with van der Waals surface area (Å²) < 4.78 is 3.72. The number of imidazole rings is 1. The van der Waals surface area contributed by atoms with Crippen molar-refractivity contribution in [3.8, 4) is 11.3 Å². The van der Waals surface area contributed by atoms with E-state index in [0.29, 0.717) is 5.69 Å². The molecular formula is C19H18N6O3. The van der Waals surface area contributed by atoms with Gasteiger partial charge in [-0.3, -0.25) is 18.7 Å². The zero-order valence-corrected chi connectivity index (χ0v) is 15.3. The van der Waals surface area contributed by atoms with Crippen LogP contribution in [0.5, 0.6) is 0 Å². The summed E-state index contributed by atoms with van der Waals surface area (Å²) in [7, 11) is 2.93. The number of H-pyrrole nitrogens is 1. The lowest BCUT2D eigenvalue weighted by atomic mass is 10.1. The van der Waals surface area contributed by atoms with Crippen molar-refractivity contribution < 1.29 is 4.79 Å². The van der Waals surface area contributed by atoms with E-state index in [2.05, 4.69) is 15.3 Å². The number of hydrogen-bond acceptors (Lipinski definition) is 4. The molecule has 1 amide bonds. The maximum atomic E-state index is 12.4. The van der Waals surface area contributed by atoms with Crippen LogP contribution in [0.3, 0.4) is 0 Å². The highest BCUT2D eigenvalue weighted by Gasteiger charge is 2.16. The van der Waals surface area contributed by atoms with E-state index >= 15 is 0 Å². The molecule has 0 aliphatic rings. The van der Waals surface area contributed by atoms with Crippen molar-refractivity contribution in [1.82, 2.24) is 23.7 Å². The number of hydrogen-bond donors (Lipinski definition) is 2. The van der Waals surface area contributed by atoms with Gasteiger partial charge >= 0.3 is 5.69 Å². The van der Waals surface area contributed by atoms with Crippen LogP contribution in [-0.4, -0.2) is 29.6 Å². The molecule has 0 spiro atoms. The van der Waals surface area contributed by atoms with Crippen LogP contribution in [0.1, 0.15) is 0 Å². The SMILES string of the molecule is Cn1c(=O)c2c(ncn2CC(=O)Nc2ccc(-c3ccc[nH]3)cc2)n(C)c1=O. The molecule has 0 aliphatic heterocycles. The summed E-state index contributed by atoms with van der Waals surface area (Å²) in [6.07, 6.45) is 3.24. The molecule has 0 aliphatic carbocycles. The van der Waals surface area contributed by atoms with Gasteiger partial charge in [0.15, 0.2) is 11.2 Å². The van der Waals surface area contributed by atoms with Gasteiger partial charge in [0, 0.05) is 31.7 Å². The predicted molar refractivity (Wildman–Crippen MR) is 105 cm³/mol. The summed E-state index contributed by atoms with van der Waals surface area (Å²) >= 11 is 0. The Balaban J connectivity index is 1.56. The molecule has 0 unspecified atom stereocenters. The van der Waals surface area contributed by atoms with Crippen molar-refractivity contribution in [3.05, 3.63) is 69.8 Å². The van der Waals surface area contributed by atoms with E-state index in [1.54, 1.807) is 0 Å². The van der Waals surface area contributed by atoms with E-state index < -0.39 is 11.2 Å². The van der Waals surface area contributed by atoms with Gasteiger partial charge in [0.2, 0.25) is 5.91 Å². The monoisotopic (exact) mass is 378 g/mol. The third-order valence-electron chi connectivity index (χ3n) is 4.61. The maximum Gasteiger partial charge on any atom is 0.332 e. The number of rotatable bonds is 4. The van der Waals surface area contributed by atoms with Gasteiger partial charge in [0.25, 0.3) is 5.56 Å². The van der Waals surface area contributed by atoms with Crippen molar-refractivity contribution in [2.45, 2.75) is 6.54 Å². The molecule has 9 heteroatoms. The van der Waals surface area contributed by atoms with E-state index in [0.717, 1.165) is 15.8 Å². The predicted octanol–water partition coefficient (Wildman–Crippen LogP) is 1.07. The summed E-state index contributed by atoms with van der Waals surface area (Å²) in [5.41, 5.74) is 2.15. The van der Waals surface area contributed by atoms with Crippen LogP contribution < -0.4 is 16.6 Å². The molecule has 3 heterocycles. The van der Waals surface area contributed by atoms with Crippen LogP contribution in [-0.2, 0) is 25.4 Å². The number of amides is 1. The minimum Gasteiger partial charge on any atom is -0.361 e. The summed E-state index contributed by atoms with van der Waals surface area (Å²) in [5.74, 6) is -0.303. The van der Waals surface area contributed by atoms with E-state index in [-0.39, 0.29) is 23.6 Å². The molecule has 3 aromatic heterocycles. The normalized spacial score (nSPS) is 11.1. The van der Waals surface area contributed by atoms with Gasteiger partial charge in [-0.15, -0.1) is 0 Å². The number of anilines is 1. The topological polar surface area (TPSA) is 107 Å². The summed E-state index contributed by atoms with van der Waals surface area (Å²) in [6.45, 7) is -0.0949. The van der Waals surface area contributed by atoms with Gasteiger partial charge in [0.1, 0.15) is 6.54 Å². The van der Waals surface area contributed by atoms with Crippen molar-refractivity contribution in [2.75, 3.05) is 5.32 Å². The molecule has 0 bridgehead atoms. The first-order valence-electron chi connectivity index (χ1n) is 8.60. The van der Waals surface area contributed by atoms with Crippen LogP contribution in [0.25, 0.3) is 22.4 Å². The highest BCUT2D eigenvalue weighted by Crippen LogP contribution is 2.19. The summed E-state index contributed by atoms with van der Waals surface area (Å²) in [5, 5.41) is 2.80. The van der Waals surface area contributed by atoms with Crippen LogP contribution in [0.2, 0.25) is 0 Å². The standard InChI is InChI=1S/C19H18N6O3/c1-23-17-16(18(27)24(2)19(23)28)25(11-21-17)10-15(26)22-13-7-5-12(6-8-13)14-4-3-9-20-14/h3-9,11,20H,10H2,1-2H3,(H,22,26). The molecule has 4 aromatic rings. The fourth-order valence-electron chi connectivity index (χ4n) is 3.12. The number of carbonyl (C=O) groups is 1. The highest BCUT2D eigenvalue weighted by molar-refractivity contribution is 5.91. The average Bonchev–Trinajstić information content (AvgIpc) is 3.35. The van der Waals surface area contributed by atoms with E-state index in [1.165, 1.54) is 29.6 Å². The number of benzene rings is 1.